The molecule has 15 heavy (non-hydrogen) atoms. The van der Waals surface area contributed by atoms with Gasteiger partial charge >= 0.3 is 0 Å². The fraction of sp³-hybridized carbons (Fsp3) is 0.909. The standard InChI is InChI=1S/C11H20N2O2/c1-15-10-3-2-6-13(8-10)11(14)9-4-5-12-7-9/h9-10,12H,2-8H2,1H3/t9-,10-/m1/s1. The Morgan fingerprint density at radius 1 is 1.47 bits per heavy atom. The summed E-state index contributed by atoms with van der Waals surface area (Å²) in [5, 5.41) is 3.24. The van der Waals surface area contributed by atoms with Crippen molar-refractivity contribution in [3.63, 3.8) is 0 Å². The molecule has 0 spiro atoms. The fourth-order valence-corrected chi connectivity index (χ4v) is 2.45. The molecule has 2 fully saturated rings. The smallest absolute Gasteiger partial charge is 0.227 e. The van der Waals surface area contributed by atoms with Crippen molar-refractivity contribution in [2.75, 3.05) is 33.3 Å². The van der Waals surface area contributed by atoms with Crippen LogP contribution in [0.4, 0.5) is 0 Å². The van der Waals surface area contributed by atoms with Crippen LogP contribution in [-0.2, 0) is 9.53 Å². The lowest BCUT2D eigenvalue weighted by atomic mass is 10.0. The van der Waals surface area contributed by atoms with E-state index in [9.17, 15) is 4.79 Å². The molecule has 2 rings (SSSR count). The monoisotopic (exact) mass is 212 g/mol. The van der Waals surface area contributed by atoms with E-state index in [1.807, 2.05) is 4.90 Å². The molecule has 0 aromatic carbocycles. The average Bonchev–Trinajstić information content (AvgIpc) is 2.81. The molecule has 0 bridgehead atoms. The minimum absolute atomic E-state index is 0.209. The molecule has 2 heterocycles. The van der Waals surface area contributed by atoms with E-state index < -0.39 is 0 Å². The highest BCUT2D eigenvalue weighted by Gasteiger charge is 2.30. The van der Waals surface area contributed by atoms with Gasteiger partial charge in [-0.3, -0.25) is 4.79 Å². The molecule has 2 atom stereocenters. The molecule has 0 saturated carbocycles. The predicted octanol–water partition coefficient (Wildman–Crippen LogP) is 0.233. The number of amides is 1. The summed E-state index contributed by atoms with van der Waals surface area (Å²) in [6, 6.07) is 0. The second-order valence-electron chi connectivity index (χ2n) is 4.47. The SMILES string of the molecule is CO[C@@H]1CCCN(C(=O)[C@@H]2CCNC2)C1. The Balaban J connectivity index is 1.88. The lowest BCUT2D eigenvalue weighted by Crippen LogP contribution is -2.45. The van der Waals surface area contributed by atoms with E-state index in [1.165, 1.54) is 0 Å². The first-order valence-corrected chi connectivity index (χ1v) is 5.83. The Hall–Kier alpha value is -0.610. The summed E-state index contributed by atoms with van der Waals surface area (Å²) in [4.78, 5) is 14.1. The van der Waals surface area contributed by atoms with Crippen LogP contribution in [0.1, 0.15) is 19.3 Å². The van der Waals surface area contributed by atoms with Crippen LogP contribution in [0.25, 0.3) is 0 Å². The lowest BCUT2D eigenvalue weighted by Gasteiger charge is -2.33. The van der Waals surface area contributed by atoms with Crippen LogP contribution in [0.2, 0.25) is 0 Å². The van der Waals surface area contributed by atoms with Crippen LogP contribution in [0, 0.1) is 5.92 Å². The van der Waals surface area contributed by atoms with Crippen molar-refractivity contribution >= 4 is 5.91 Å². The van der Waals surface area contributed by atoms with Crippen molar-refractivity contribution < 1.29 is 9.53 Å². The van der Waals surface area contributed by atoms with Crippen molar-refractivity contribution in [2.45, 2.75) is 25.4 Å². The minimum atomic E-state index is 0.209. The third-order valence-electron chi connectivity index (χ3n) is 3.43. The molecule has 4 heteroatoms. The summed E-state index contributed by atoms with van der Waals surface area (Å²) in [5.74, 6) is 0.530. The number of hydrogen-bond donors (Lipinski definition) is 1. The highest BCUT2D eigenvalue weighted by Crippen LogP contribution is 2.17. The molecular weight excluding hydrogens is 192 g/mol. The maximum Gasteiger partial charge on any atom is 0.227 e. The molecule has 1 N–H and O–H groups in total. The molecular formula is C11H20N2O2. The number of nitrogens with zero attached hydrogens (tertiary/aromatic N) is 1. The van der Waals surface area contributed by atoms with E-state index in [0.717, 1.165) is 45.4 Å². The van der Waals surface area contributed by atoms with Crippen molar-refractivity contribution in [2.24, 2.45) is 5.92 Å². The summed E-state index contributed by atoms with van der Waals surface area (Å²) in [7, 11) is 1.73. The van der Waals surface area contributed by atoms with Gasteiger partial charge in [0.05, 0.1) is 12.0 Å². The number of hydrogen-bond acceptors (Lipinski definition) is 3. The molecule has 0 aromatic heterocycles. The zero-order chi connectivity index (χ0) is 10.7. The second kappa shape index (κ2) is 4.94. The van der Waals surface area contributed by atoms with Gasteiger partial charge in [0, 0.05) is 26.7 Å². The van der Waals surface area contributed by atoms with E-state index >= 15 is 0 Å². The Morgan fingerprint density at radius 2 is 2.33 bits per heavy atom. The summed E-state index contributed by atoms with van der Waals surface area (Å²) in [6.45, 7) is 3.53. The van der Waals surface area contributed by atoms with E-state index in [1.54, 1.807) is 7.11 Å². The van der Waals surface area contributed by atoms with Gasteiger partial charge in [0.25, 0.3) is 0 Å². The van der Waals surface area contributed by atoms with Crippen LogP contribution < -0.4 is 5.32 Å². The molecule has 4 nitrogen and oxygen atoms in total. The summed E-state index contributed by atoms with van der Waals surface area (Å²) in [5.41, 5.74) is 0. The molecule has 0 aliphatic carbocycles. The quantitative estimate of drug-likeness (QED) is 0.712. The van der Waals surface area contributed by atoms with Gasteiger partial charge in [-0.2, -0.15) is 0 Å². The Morgan fingerprint density at radius 3 is 3.00 bits per heavy atom. The van der Waals surface area contributed by atoms with Gasteiger partial charge in [-0.25, -0.2) is 0 Å². The number of piperidine rings is 1. The van der Waals surface area contributed by atoms with Crippen LogP contribution >= 0.6 is 0 Å². The zero-order valence-electron chi connectivity index (χ0n) is 9.37. The number of carbonyl (C=O) groups is 1. The summed E-state index contributed by atoms with van der Waals surface area (Å²) >= 11 is 0. The van der Waals surface area contributed by atoms with Gasteiger partial charge in [0.1, 0.15) is 0 Å². The lowest BCUT2D eigenvalue weighted by molar-refractivity contribution is -0.138. The molecule has 2 aliphatic heterocycles. The van der Waals surface area contributed by atoms with Crippen molar-refractivity contribution in [1.82, 2.24) is 10.2 Å². The third-order valence-corrected chi connectivity index (χ3v) is 3.43. The van der Waals surface area contributed by atoms with Crippen LogP contribution in [0.3, 0.4) is 0 Å². The molecule has 1 amide bonds. The topological polar surface area (TPSA) is 41.6 Å². The zero-order valence-corrected chi connectivity index (χ0v) is 9.37. The molecule has 2 saturated heterocycles. The number of likely N-dealkylation sites (tertiary alicyclic amines) is 1. The van der Waals surface area contributed by atoms with E-state index in [0.29, 0.717) is 5.91 Å². The largest absolute Gasteiger partial charge is 0.380 e. The molecule has 0 aromatic rings. The normalized spacial score (nSPS) is 31.9. The Labute approximate surface area is 91.0 Å². The van der Waals surface area contributed by atoms with Crippen LogP contribution in [0.15, 0.2) is 0 Å². The van der Waals surface area contributed by atoms with Gasteiger partial charge in [-0.15, -0.1) is 0 Å². The summed E-state index contributed by atoms with van der Waals surface area (Å²) < 4.78 is 5.32. The Bertz CT molecular complexity index is 227. The fourth-order valence-electron chi connectivity index (χ4n) is 2.45. The summed E-state index contributed by atoms with van der Waals surface area (Å²) in [6.07, 6.45) is 3.40. The minimum Gasteiger partial charge on any atom is -0.380 e. The highest BCUT2D eigenvalue weighted by atomic mass is 16.5. The molecule has 0 radical (unpaired) electrons. The number of nitrogens with one attached hydrogen (secondary N) is 1. The van der Waals surface area contributed by atoms with Crippen LogP contribution in [-0.4, -0.2) is 50.2 Å². The van der Waals surface area contributed by atoms with Crippen molar-refractivity contribution in [3.05, 3.63) is 0 Å². The highest BCUT2D eigenvalue weighted by molar-refractivity contribution is 5.79. The van der Waals surface area contributed by atoms with Gasteiger partial charge in [0.15, 0.2) is 0 Å². The van der Waals surface area contributed by atoms with Gasteiger partial charge in [0.2, 0.25) is 5.91 Å². The van der Waals surface area contributed by atoms with Gasteiger partial charge < -0.3 is 15.0 Å². The first-order chi connectivity index (χ1) is 7.31. The van der Waals surface area contributed by atoms with E-state index in [4.69, 9.17) is 4.74 Å². The van der Waals surface area contributed by atoms with Crippen molar-refractivity contribution in [1.29, 1.82) is 0 Å². The number of ether oxygens (including phenoxy) is 1. The molecule has 0 unspecified atom stereocenters. The number of methoxy groups -OCH3 is 1. The average molecular weight is 212 g/mol. The first kappa shape index (κ1) is 10.9. The van der Waals surface area contributed by atoms with Gasteiger partial charge in [-0.05, 0) is 25.8 Å². The molecule has 86 valence electrons. The Kier molecular flexibility index (Phi) is 3.59. The van der Waals surface area contributed by atoms with E-state index in [-0.39, 0.29) is 12.0 Å². The second-order valence-corrected chi connectivity index (χ2v) is 4.47. The maximum absolute atomic E-state index is 12.1. The molecule has 2 aliphatic rings. The van der Waals surface area contributed by atoms with E-state index in [2.05, 4.69) is 5.32 Å². The number of rotatable bonds is 2. The van der Waals surface area contributed by atoms with Crippen LogP contribution in [0.5, 0.6) is 0 Å². The van der Waals surface area contributed by atoms with Crippen molar-refractivity contribution in [3.8, 4) is 0 Å². The number of carbonyl (C=O) groups excluding carboxylic acids is 1. The first-order valence-electron chi connectivity index (χ1n) is 5.83. The third kappa shape index (κ3) is 2.49. The predicted molar refractivity (Wildman–Crippen MR) is 57.6 cm³/mol. The maximum atomic E-state index is 12.1. The van der Waals surface area contributed by atoms with Gasteiger partial charge in [-0.1, -0.05) is 0 Å².